The number of nitro groups is 1. The first-order chi connectivity index (χ1) is 11.4. The number of non-ortho nitro benzene ring substituents is 1. The Bertz CT molecular complexity index is 818. The van der Waals surface area contributed by atoms with Crippen molar-refractivity contribution in [2.24, 2.45) is 0 Å². The Balaban J connectivity index is 2.34. The fourth-order valence-electron chi connectivity index (χ4n) is 2.01. The second kappa shape index (κ2) is 7.36. The number of ether oxygens (including phenoxy) is 1. The summed E-state index contributed by atoms with van der Waals surface area (Å²) in [7, 11) is 0. The van der Waals surface area contributed by atoms with Crippen LogP contribution in [0.25, 0.3) is 17.4 Å². The maximum Gasteiger partial charge on any atom is 0.341 e. The second-order valence-electron chi connectivity index (χ2n) is 4.84. The van der Waals surface area contributed by atoms with E-state index >= 15 is 0 Å². The molecule has 0 amide bonds. The molecule has 124 valence electrons. The molecule has 0 aliphatic carbocycles. The molecule has 0 N–H and O–H groups in total. The smallest absolute Gasteiger partial charge is 0.341 e. The second-order valence-corrected chi connectivity index (χ2v) is 4.84. The topological polar surface area (TPSA) is 99.7 Å². The van der Waals surface area contributed by atoms with Crippen LogP contribution in [0, 0.1) is 10.1 Å². The number of hydrogen-bond donors (Lipinski definition) is 0. The van der Waals surface area contributed by atoms with Gasteiger partial charge in [0.15, 0.2) is 5.78 Å². The van der Waals surface area contributed by atoms with E-state index < -0.39 is 16.7 Å². The maximum absolute atomic E-state index is 11.8. The molecule has 0 saturated heterocycles. The van der Waals surface area contributed by atoms with Gasteiger partial charge in [-0.05, 0) is 32.1 Å². The summed E-state index contributed by atoms with van der Waals surface area (Å²) in [6.45, 7) is 3.05. The molecule has 7 heteroatoms. The molecular weight excluding hydrogens is 314 g/mol. The summed E-state index contributed by atoms with van der Waals surface area (Å²) < 4.78 is 10.4. The van der Waals surface area contributed by atoms with E-state index in [0.29, 0.717) is 11.3 Å². The van der Waals surface area contributed by atoms with Gasteiger partial charge in [-0.15, -0.1) is 0 Å². The van der Waals surface area contributed by atoms with E-state index in [-0.39, 0.29) is 23.6 Å². The standard InChI is InChI=1S/C17H15NO6/c1-3-23-17(20)15(11(2)19)10-14-7-8-16(24-14)12-5-4-6-13(9-12)18(21)22/h4-10H,3H2,1-2H3/b15-10+. The molecule has 0 atom stereocenters. The molecule has 0 fully saturated rings. The van der Waals surface area contributed by atoms with Crippen LogP contribution < -0.4 is 0 Å². The minimum absolute atomic E-state index is 0.0584. The number of carbonyl (C=O) groups is 2. The number of ketones is 1. The van der Waals surface area contributed by atoms with Crippen molar-refractivity contribution in [1.82, 2.24) is 0 Å². The summed E-state index contributed by atoms with van der Waals surface area (Å²) in [5.41, 5.74) is 0.332. The van der Waals surface area contributed by atoms with Gasteiger partial charge in [0.05, 0.1) is 11.5 Å². The average Bonchev–Trinajstić information content (AvgIpc) is 3.01. The third-order valence-corrected chi connectivity index (χ3v) is 3.13. The molecule has 2 aromatic rings. The predicted molar refractivity (Wildman–Crippen MR) is 86.1 cm³/mol. The zero-order chi connectivity index (χ0) is 17.7. The number of nitro benzene ring substituents is 1. The number of rotatable bonds is 6. The zero-order valence-corrected chi connectivity index (χ0v) is 13.1. The molecule has 0 saturated carbocycles. The van der Waals surface area contributed by atoms with E-state index in [1.807, 2.05) is 0 Å². The molecule has 0 spiro atoms. The number of nitrogens with zero attached hydrogens (tertiary/aromatic N) is 1. The van der Waals surface area contributed by atoms with Gasteiger partial charge in [0.1, 0.15) is 17.1 Å². The summed E-state index contributed by atoms with van der Waals surface area (Å²) in [4.78, 5) is 33.7. The number of furan rings is 1. The summed E-state index contributed by atoms with van der Waals surface area (Å²) in [5, 5.41) is 10.8. The Kier molecular flexibility index (Phi) is 5.26. The summed E-state index contributed by atoms with van der Waals surface area (Å²) >= 11 is 0. The van der Waals surface area contributed by atoms with Crippen LogP contribution >= 0.6 is 0 Å². The third-order valence-electron chi connectivity index (χ3n) is 3.13. The highest BCUT2D eigenvalue weighted by atomic mass is 16.6. The number of hydrogen-bond acceptors (Lipinski definition) is 6. The van der Waals surface area contributed by atoms with Crippen LogP contribution in [-0.4, -0.2) is 23.3 Å². The molecular formula is C17H15NO6. The van der Waals surface area contributed by atoms with Crippen molar-refractivity contribution in [3.05, 3.63) is 57.8 Å². The van der Waals surface area contributed by atoms with E-state index in [0.717, 1.165) is 0 Å². The van der Waals surface area contributed by atoms with Gasteiger partial charge in [0, 0.05) is 17.7 Å². The minimum Gasteiger partial charge on any atom is -0.462 e. The van der Waals surface area contributed by atoms with Crippen LogP contribution in [0.3, 0.4) is 0 Å². The van der Waals surface area contributed by atoms with Crippen LogP contribution in [-0.2, 0) is 14.3 Å². The molecule has 7 nitrogen and oxygen atoms in total. The van der Waals surface area contributed by atoms with Gasteiger partial charge in [0.2, 0.25) is 0 Å². The normalized spacial score (nSPS) is 11.2. The first kappa shape index (κ1) is 17.1. The van der Waals surface area contributed by atoms with Gasteiger partial charge in [-0.25, -0.2) is 4.79 Å². The number of Topliss-reactive ketones (excluding diaryl/α,β-unsaturated/α-hetero) is 1. The van der Waals surface area contributed by atoms with Crippen molar-refractivity contribution in [2.45, 2.75) is 13.8 Å². The van der Waals surface area contributed by atoms with Crippen molar-refractivity contribution >= 4 is 23.5 Å². The summed E-state index contributed by atoms with van der Waals surface area (Å²) in [6, 6.07) is 9.14. The lowest BCUT2D eigenvalue weighted by Crippen LogP contribution is -2.13. The van der Waals surface area contributed by atoms with Gasteiger partial charge >= 0.3 is 5.97 Å². The van der Waals surface area contributed by atoms with Crippen LogP contribution in [0.15, 0.2) is 46.4 Å². The van der Waals surface area contributed by atoms with Crippen molar-refractivity contribution in [1.29, 1.82) is 0 Å². The lowest BCUT2D eigenvalue weighted by molar-refractivity contribution is -0.384. The number of benzene rings is 1. The quantitative estimate of drug-likeness (QED) is 0.201. The average molecular weight is 329 g/mol. The van der Waals surface area contributed by atoms with E-state index in [2.05, 4.69) is 0 Å². The molecule has 0 aliphatic rings. The largest absolute Gasteiger partial charge is 0.462 e. The fourth-order valence-corrected chi connectivity index (χ4v) is 2.01. The van der Waals surface area contributed by atoms with Crippen LogP contribution in [0.4, 0.5) is 5.69 Å². The first-order valence-corrected chi connectivity index (χ1v) is 7.16. The van der Waals surface area contributed by atoms with E-state index in [1.165, 1.54) is 25.1 Å². The minimum atomic E-state index is -0.724. The number of esters is 1. The van der Waals surface area contributed by atoms with E-state index in [1.54, 1.807) is 31.2 Å². The highest BCUT2D eigenvalue weighted by Crippen LogP contribution is 2.26. The third kappa shape index (κ3) is 3.95. The Labute approximate surface area is 137 Å². The molecule has 1 aromatic heterocycles. The fraction of sp³-hybridized carbons (Fsp3) is 0.176. The van der Waals surface area contributed by atoms with Crippen molar-refractivity contribution in [3.8, 4) is 11.3 Å². The van der Waals surface area contributed by atoms with Gasteiger partial charge in [0.25, 0.3) is 5.69 Å². The Morgan fingerprint density at radius 2 is 2.04 bits per heavy atom. The lowest BCUT2D eigenvalue weighted by Gasteiger charge is -2.02. The molecule has 2 rings (SSSR count). The predicted octanol–water partition coefficient (Wildman–Crippen LogP) is 3.39. The molecule has 0 radical (unpaired) electrons. The number of carbonyl (C=O) groups excluding carboxylic acids is 2. The van der Waals surface area contributed by atoms with E-state index in [4.69, 9.17) is 9.15 Å². The zero-order valence-electron chi connectivity index (χ0n) is 13.1. The molecule has 0 unspecified atom stereocenters. The van der Waals surface area contributed by atoms with E-state index in [9.17, 15) is 19.7 Å². The van der Waals surface area contributed by atoms with Crippen molar-refractivity contribution in [2.75, 3.05) is 6.61 Å². The Morgan fingerprint density at radius 3 is 2.67 bits per heavy atom. The summed E-state index contributed by atoms with van der Waals surface area (Å²) in [6.07, 6.45) is 1.29. The van der Waals surface area contributed by atoms with Gasteiger partial charge < -0.3 is 9.15 Å². The molecule has 0 aliphatic heterocycles. The first-order valence-electron chi connectivity index (χ1n) is 7.16. The summed E-state index contributed by atoms with van der Waals surface area (Å²) in [5.74, 6) is -0.508. The molecule has 24 heavy (non-hydrogen) atoms. The Hall–Kier alpha value is -3.22. The SMILES string of the molecule is CCOC(=O)/C(=C/c1ccc(-c2cccc([N+](=O)[O-])c2)o1)C(C)=O. The van der Waals surface area contributed by atoms with Crippen LogP contribution in [0.2, 0.25) is 0 Å². The maximum atomic E-state index is 11.8. The molecule has 1 heterocycles. The monoisotopic (exact) mass is 329 g/mol. The van der Waals surface area contributed by atoms with Gasteiger partial charge in [-0.1, -0.05) is 12.1 Å². The van der Waals surface area contributed by atoms with Crippen molar-refractivity contribution in [3.63, 3.8) is 0 Å². The lowest BCUT2D eigenvalue weighted by atomic mass is 10.1. The molecule has 1 aromatic carbocycles. The van der Waals surface area contributed by atoms with Gasteiger partial charge in [-0.3, -0.25) is 14.9 Å². The Morgan fingerprint density at radius 1 is 1.29 bits per heavy atom. The van der Waals surface area contributed by atoms with Crippen LogP contribution in [0.5, 0.6) is 0 Å². The molecule has 0 bridgehead atoms. The highest BCUT2D eigenvalue weighted by molar-refractivity contribution is 6.19. The van der Waals surface area contributed by atoms with Gasteiger partial charge in [-0.2, -0.15) is 0 Å². The highest BCUT2D eigenvalue weighted by Gasteiger charge is 2.17. The van der Waals surface area contributed by atoms with Crippen molar-refractivity contribution < 1.29 is 23.7 Å². The van der Waals surface area contributed by atoms with Crippen LogP contribution in [0.1, 0.15) is 19.6 Å².